The minimum atomic E-state index is -3.58. The minimum absolute atomic E-state index is 0.101. The van der Waals surface area contributed by atoms with Crippen LogP contribution >= 0.6 is 22.7 Å². The molecular weight excluding hydrogens is 466 g/mol. The van der Waals surface area contributed by atoms with E-state index in [0.29, 0.717) is 29.1 Å². The normalized spacial score (nSPS) is 24.9. The maximum atomic E-state index is 13.0. The zero-order chi connectivity index (χ0) is 22.7. The summed E-state index contributed by atoms with van der Waals surface area (Å²) in [7, 11) is -3.58. The lowest BCUT2D eigenvalue weighted by atomic mass is 9.82. The molecule has 0 spiro atoms. The van der Waals surface area contributed by atoms with Crippen LogP contribution in [0.15, 0.2) is 50.2 Å². The Kier molecular flexibility index (Phi) is 7.17. The van der Waals surface area contributed by atoms with Crippen molar-refractivity contribution >= 4 is 44.4 Å². The summed E-state index contributed by atoms with van der Waals surface area (Å²) in [4.78, 5) is 24.3. The van der Waals surface area contributed by atoms with Gasteiger partial charge in [0.05, 0.1) is 9.77 Å². The molecular formula is C23H27NO5S3. The van der Waals surface area contributed by atoms with Gasteiger partial charge in [-0.15, -0.1) is 11.3 Å². The third kappa shape index (κ3) is 5.00. The van der Waals surface area contributed by atoms with Crippen molar-refractivity contribution in [3.05, 3.63) is 46.0 Å². The summed E-state index contributed by atoms with van der Waals surface area (Å²) in [5, 5.41) is 15.3. The summed E-state index contributed by atoms with van der Waals surface area (Å²) in [6, 6.07) is 4.80. The van der Waals surface area contributed by atoms with Crippen LogP contribution in [0, 0.1) is 17.8 Å². The number of allylic oxidation sites excluding steroid dienone is 2. The van der Waals surface area contributed by atoms with Gasteiger partial charge in [-0.2, -0.15) is 11.3 Å². The van der Waals surface area contributed by atoms with Gasteiger partial charge >= 0.3 is 5.97 Å². The Hall–Kier alpha value is -1.97. The highest BCUT2D eigenvalue weighted by Gasteiger charge is 2.47. The monoisotopic (exact) mass is 493 g/mol. The Balaban J connectivity index is 1.38. The molecule has 32 heavy (non-hydrogen) atoms. The molecule has 2 aliphatic rings. The number of unbranched alkanes of at least 4 members (excludes halogenated alkanes) is 1. The highest BCUT2D eigenvalue weighted by Crippen LogP contribution is 2.50. The van der Waals surface area contributed by atoms with Crippen molar-refractivity contribution < 1.29 is 23.1 Å². The standard InChI is InChI=1S/C23H27NO5S3/c25-20(26)6-4-2-1-3-5-18-15-7-8-16(13-15)22(18)24-23(27)19-9-10-21(31-19)32(28,29)17-11-12-30-14-17/h1,3,9-12,14-16,18,22H,2,4-8,13H2,(H,24,27)(H,25,26)/b3-1+. The average molecular weight is 494 g/mol. The number of aliphatic carboxylic acids is 1. The molecule has 0 aromatic carbocycles. The largest absolute Gasteiger partial charge is 0.481 e. The van der Waals surface area contributed by atoms with E-state index in [2.05, 4.69) is 17.5 Å². The molecule has 2 fully saturated rings. The van der Waals surface area contributed by atoms with Gasteiger partial charge in [0.15, 0.2) is 0 Å². The second-order valence-corrected chi connectivity index (χ2v) is 12.6. The smallest absolute Gasteiger partial charge is 0.303 e. The third-order valence-corrected chi connectivity index (χ3v) is 10.8. The molecule has 2 heterocycles. The number of amides is 1. The van der Waals surface area contributed by atoms with E-state index in [9.17, 15) is 18.0 Å². The molecule has 9 heteroatoms. The van der Waals surface area contributed by atoms with E-state index >= 15 is 0 Å². The van der Waals surface area contributed by atoms with Crippen LogP contribution < -0.4 is 5.32 Å². The van der Waals surface area contributed by atoms with Crippen LogP contribution in [0.5, 0.6) is 0 Å². The van der Waals surface area contributed by atoms with Crippen LogP contribution in [-0.4, -0.2) is 31.4 Å². The Morgan fingerprint density at radius 1 is 1.16 bits per heavy atom. The van der Waals surface area contributed by atoms with Gasteiger partial charge in [-0.1, -0.05) is 12.2 Å². The van der Waals surface area contributed by atoms with Crippen LogP contribution in [0.2, 0.25) is 0 Å². The first-order valence-electron chi connectivity index (χ1n) is 10.9. The van der Waals surface area contributed by atoms with Crippen molar-refractivity contribution in [3.63, 3.8) is 0 Å². The lowest BCUT2D eigenvalue weighted by molar-refractivity contribution is -0.137. The Morgan fingerprint density at radius 2 is 1.97 bits per heavy atom. The van der Waals surface area contributed by atoms with Gasteiger partial charge < -0.3 is 10.4 Å². The van der Waals surface area contributed by atoms with E-state index in [1.54, 1.807) is 22.9 Å². The zero-order valence-electron chi connectivity index (χ0n) is 17.6. The molecule has 0 radical (unpaired) electrons. The van der Waals surface area contributed by atoms with Gasteiger partial charge in [0.25, 0.3) is 5.91 Å². The first kappa shape index (κ1) is 23.2. The van der Waals surface area contributed by atoms with E-state index in [0.717, 1.165) is 37.0 Å². The van der Waals surface area contributed by atoms with Crippen molar-refractivity contribution in [3.8, 4) is 0 Å². The second kappa shape index (κ2) is 9.89. The van der Waals surface area contributed by atoms with Crippen molar-refractivity contribution in [1.29, 1.82) is 0 Å². The van der Waals surface area contributed by atoms with Gasteiger partial charge in [-0.25, -0.2) is 8.42 Å². The predicted molar refractivity (Wildman–Crippen MR) is 125 cm³/mol. The first-order chi connectivity index (χ1) is 15.4. The Morgan fingerprint density at radius 3 is 2.72 bits per heavy atom. The van der Waals surface area contributed by atoms with Crippen molar-refractivity contribution in [2.24, 2.45) is 17.8 Å². The number of hydrogen-bond acceptors (Lipinski definition) is 6. The molecule has 2 aliphatic carbocycles. The molecule has 2 aromatic heterocycles. The molecule has 4 unspecified atom stereocenters. The Bertz CT molecular complexity index is 1090. The molecule has 0 aliphatic heterocycles. The number of sulfone groups is 1. The van der Waals surface area contributed by atoms with Gasteiger partial charge in [-0.05, 0) is 79.9 Å². The first-order valence-corrected chi connectivity index (χ1v) is 14.2. The third-order valence-electron chi connectivity index (χ3n) is 6.60. The van der Waals surface area contributed by atoms with E-state index in [4.69, 9.17) is 5.11 Å². The van der Waals surface area contributed by atoms with Crippen LogP contribution in [0.3, 0.4) is 0 Å². The van der Waals surface area contributed by atoms with Crippen LogP contribution in [-0.2, 0) is 14.6 Å². The number of nitrogens with one attached hydrogen (secondary N) is 1. The van der Waals surface area contributed by atoms with E-state index in [1.165, 1.54) is 23.8 Å². The summed E-state index contributed by atoms with van der Waals surface area (Å²) >= 11 is 2.35. The summed E-state index contributed by atoms with van der Waals surface area (Å²) in [6.07, 6.45) is 10.1. The van der Waals surface area contributed by atoms with Crippen molar-refractivity contribution in [2.75, 3.05) is 0 Å². The number of carbonyl (C=O) groups is 2. The van der Waals surface area contributed by atoms with Gasteiger partial charge in [0.2, 0.25) is 9.84 Å². The number of carbonyl (C=O) groups excluding carboxylic acids is 1. The minimum Gasteiger partial charge on any atom is -0.481 e. The fourth-order valence-corrected chi connectivity index (χ4v) is 8.69. The zero-order valence-corrected chi connectivity index (χ0v) is 20.1. The molecule has 172 valence electrons. The summed E-state index contributed by atoms with van der Waals surface area (Å²) < 4.78 is 25.6. The fourth-order valence-electron chi connectivity index (χ4n) is 5.05. The molecule has 4 rings (SSSR count). The highest BCUT2D eigenvalue weighted by atomic mass is 32.2. The SMILES string of the molecule is O=C(O)CCC/C=C/CC1C2CCC(C2)C1NC(=O)c1ccc(S(=O)(=O)c2ccsc2)s1. The van der Waals surface area contributed by atoms with Crippen LogP contribution in [0.1, 0.15) is 54.6 Å². The number of carboxylic acids is 1. The average Bonchev–Trinajstić information content (AvgIpc) is 3.55. The second-order valence-electron chi connectivity index (χ2n) is 8.57. The maximum absolute atomic E-state index is 13.0. The maximum Gasteiger partial charge on any atom is 0.303 e. The molecule has 1 amide bonds. The topological polar surface area (TPSA) is 101 Å². The summed E-state index contributed by atoms with van der Waals surface area (Å²) in [5.41, 5.74) is 0. The van der Waals surface area contributed by atoms with E-state index < -0.39 is 15.8 Å². The fraction of sp³-hybridized carbons (Fsp3) is 0.478. The summed E-state index contributed by atoms with van der Waals surface area (Å²) in [5.74, 6) is 0.487. The predicted octanol–water partition coefficient (Wildman–Crippen LogP) is 4.99. The number of carboxylic acid groups (broad SMARTS) is 1. The molecule has 6 nitrogen and oxygen atoms in total. The molecule has 2 saturated carbocycles. The highest BCUT2D eigenvalue weighted by molar-refractivity contribution is 7.93. The number of fused-ring (bicyclic) bond motifs is 2. The molecule has 0 saturated heterocycles. The number of thiophene rings is 2. The molecule has 2 bridgehead atoms. The van der Waals surface area contributed by atoms with E-state index in [1.807, 2.05) is 0 Å². The van der Waals surface area contributed by atoms with Crippen molar-refractivity contribution in [1.82, 2.24) is 5.32 Å². The van der Waals surface area contributed by atoms with Crippen LogP contribution in [0.4, 0.5) is 0 Å². The van der Waals surface area contributed by atoms with Crippen molar-refractivity contribution in [2.45, 2.75) is 60.1 Å². The molecule has 4 atom stereocenters. The lowest BCUT2D eigenvalue weighted by Gasteiger charge is -2.31. The Labute approximate surface area is 196 Å². The summed E-state index contributed by atoms with van der Waals surface area (Å²) in [6.45, 7) is 0. The van der Waals surface area contributed by atoms with Gasteiger partial charge in [0.1, 0.15) is 4.21 Å². The van der Waals surface area contributed by atoms with Gasteiger partial charge in [0, 0.05) is 17.8 Å². The molecule has 2 N–H and O–H groups in total. The number of rotatable bonds is 10. The molecule has 2 aromatic rings. The quantitative estimate of drug-likeness (QED) is 0.359. The lowest BCUT2D eigenvalue weighted by Crippen LogP contribution is -2.43. The number of hydrogen-bond donors (Lipinski definition) is 2. The van der Waals surface area contributed by atoms with E-state index in [-0.39, 0.29) is 27.5 Å². The van der Waals surface area contributed by atoms with Gasteiger partial charge in [-0.3, -0.25) is 9.59 Å². The van der Waals surface area contributed by atoms with Crippen LogP contribution in [0.25, 0.3) is 0 Å².